The average molecular weight is 164 g/mol. The molecule has 1 aromatic rings. The molecule has 1 aromatic heterocycles. The molecule has 1 nitrogen and oxygen atoms in total. The first-order chi connectivity index (χ1) is 5.52. The van der Waals surface area contributed by atoms with Gasteiger partial charge in [-0.3, -0.25) is 0 Å². The molecule has 0 saturated heterocycles. The van der Waals surface area contributed by atoms with Crippen LogP contribution in [0.5, 0.6) is 0 Å². The number of rotatable bonds is 1. The summed E-state index contributed by atoms with van der Waals surface area (Å²) < 4.78 is 2.35. The van der Waals surface area contributed by atoms with E-state index in [9.17, 15) is 0 Å². The van der Waals surface area contributed by atoms with E-state index in [2.05, 4.69) is 51.3 Å². The van der Waals surface area contributed by atoms with Gasteiger partial charge in [0.15, 0.2) is 17.4 Å². The second kappa shape index (κ2) is 3.26. The lowest BCUT2D eigenvalue weighted by molar-refractivity contribution is -0.727. The standard InChI is InChI=1S/C11H18N/c1-8(2)12-10(4)6-9(3)7-11(12)5/h6-8H,1-5H3/q+1. The molecule has 1 rings (SSSR count). The molecular weight excluding hydrogens is 146 g/mol. The minimum absolute atomic E-state index is 0.561. The highest BCUT2D eigenvalue weighted by Crippen LogP contribution is 2.05. The zero-order valence-electron chi connectivity index (χ0n) is 8.68. The molecule has 0 aliphatic heterocycles. The molecule has 0 bridgehead atoms. The second-order valence-corrected chi connectivity index (χ2v) is 3.78. The monoisotopic (exact) mass is 164 g/mol. The normalized spacial score (nSPS) is 10.8. The highest BCUT2D eigenvalue weighted by molar-refractivity contribution is 5.13. The third-order valence-corrected chi connectivity index (χ3v) is 2.15. The van der Waals surface area contributed by atoms with Crippen LogP contribution >= 0.6 is 0 Å². The van der Waals surface area contributed by atoms with Crippen molar-refractivity contribution in [2.24, 2.45) is 0 Å². The molecule has 0 aromatic carbocycles. The minimum atomic E-state index is 0.561. The molecule has 0 amide bonds. The van der Waals surface area contributed by atoms with Gasteiger partial charge in [0.1, 0.15) is 0 Å². The molecule has 0 aliphatic rings. The number of aromatic nitrogens is 1. The molecule has 0 aliphatic carbocycles. The smallest absolute Gasteiger partial charge is 0.178 e. The van der Waals surface area contributed by atoms with Crippen molar-refractivity contribution in [3.8, 4) is 0 Å². The van der Waals surface area contributed by atoms with Crippen LogP contribution in [-0.2, 0) is 0 Å². The quantitative estimate of drug-likeness (QED) is 0.561. The number of hydrogen-bond donors (Lipinski definition) is 0. The number of pyridine rings is 1. The van der Waals surface area contributed by atoms with Crippen LogP contribution in [0.15, 0.2) is 12.1 Å². The summed E-state index contributed by atoms with van der Waals surface area (Å²) in [5, 5.41) is 0. The fourth-order valence-corrected chi connectivity index (χ4v) is 1.93. The highest BCUT2D eigenvalue weighted by atomic mass is 15.0. The zero-order chi connectivity index (χ0) is 9.30. The van der Waals surface area contributed by atoms with E-state index in [0.29, 0.717) is 6.04 Å². The summed E-state index contributed by atoms with van der Waals surface area (Å²) in [7, 11) is 0. The highest BCUT2D eigenvalue weighted by Gasteiger charge is 2.14. The summed E-state index contributed by atoms with van der Waals surface area (Å²) in [6, 6.07) is 5.02. The Labute approximate surface area is 75.1 Å². The largest absolute Gasteiger partial charge is 0.198 e. The number of hydrogen-bond acceptors (Lipinski definition) is 0. The molecule has 0 atom stereocenters. The molecule has 1 heteroatoms. The second-order valence-electron chi connectivity index (χ2n) is 3.78. The van der Waals surface area contributed by atoms with Crippen LogP contribution in [0.1, 0.15) is 36.8 Å². The van der Waals surface area contributed by atoms with Gasteiger partial charge >= 0.3 is 0 Å². The summed E-state index contributed by atoms with van der Waals surface area (Å²) in [5.41, 5.74) is 4.05. The Balaban J connectivity index is 3.28. The van der Waals surface area contributed by atoms with Crippen molar-refractivity contribution in [2.75, 3.05) is 0 Å². The van der Waals surface area contributed by atoms with Crippen LogP contribution in [0.25, 0.3) is 0 Å². The minimum Gasteiger partial charge on any atom is -0.198 e. The first kappa shape index (κ1) is 9.24. The van der Waals surface area contributed by atoms with Gasteiger partial charge in [-0.25, -0.2) is 0 Å². The van der Waals surface area contributed by atoms with E-state index in [1.54, 1.807) is 0 Å². The lowest BCUT2D eigenvalue weighted by Gasteiger charge is -2.07. The van der Waals surface area contributed by atoms with Crippen LogP contribution < -0.4 is 4.57 Å². The summed E-state index contributed by atoms with van der Waals surface area (Å²) >= 11 is 0. The molecule has 0 N–H and O–H groups in total. The van der Waals surface area contributed by atoms with Gasteiger partial charge in [-0.2, -0.15) is 4.57 Å². The molecule has 0 fully saturated rings. The Morgan fingerprint density at radius 3 is 1.75 bits per heavy atom. The van der Waals surface area contributed by atoms with Gasteiger partial charge in [-0.05, 0) is 26.3 Å². The molecule has 66 valence electrons. The number of nitrogens with zero attached hydrogens (tertiary/aromatic N) is 1. The van der Waals surface area contributed by atoms with Crippen molar-refractivity contribution in [3.05, 3.63) is 29.1 Å². The zero-order valence-corrected chi connectivity index (χ0v) is 8.68. The maximum Gasteiger partial charge on any atom is 0.178 e. The molecule has 12 heavy (non-hydrogen) atoms. The first-order valence-corrected chi connectivity index (χ1v) is 4.51. The molecule has 0 spiro atoms. The van der Waals surface area contributed by atoms with Crippen LogP contribution in [-0.4, -0.2) is 0 Å². The summed E-state index contributed by atoms with van der Waals surface area (Å²) in [6.45, 7) is 10.9. The Morgan fingerprint density at radius 2 is 1.42 bits per heavy atom. The Kier molecular flexibility index (Phi) is 2.51. The van der Waals surface area contributed by atoms with Crippen LogP contribution in [0, 0.1) is 20.8 Å². The van der Waals surface area contributed by atoms with E-state index < -0.39 is 0 Å². The van der Waals surface area contributed by atoms with Gasteiger partial charge in [0, 0.05) is 26.0 Å². The van der Waals surface area contributed by atoms with Crippen molar-refractivity contribution in [3.63, 3.8) is 0 Å². The summed E-state index contributed by atoms with van der Waals surface area (Å²) in [6.07, 6.45) is 0. The van der Waals surface area contributed by atoms with Gasteiger partial charge in [-0.15, -0.1) is 0 Å². The van der Waals surface area contributed by atoms with Gasteiger partial charge in [-0.1, -0.05) is 0 Å². The van der Waals surface area contributed by atoms with Crippen LogP contribution in [0.2, 0.25) is 0 Å². The van der Waals surface area contributed by atoms with E-state index in [4.69, 9.17) is 0 Å². The molecule has 0 saturated carbocycles. The number of aryl methyl sites for hydroxylation is 3. The molecule has 1 heterocycles. The van der Waals surface area contributed by atoms with Crippen molar-refractivity contribution in [1.29, 1.82) is 0 Å². The van der Waals surface area contributed by atoms with Crippen molar-refractivity contribution >= 4 is 0 Å². The maximum absolute atomic E-state index is 2.35. The maximum atomic E-state index is 2.35. The topological polar surface area (TPSA) is 3.88 Å². The van der Waals surface area contributed by atoms with Crippen molar-refractivity contribution in [2.45, 2.75) is 40.7 Å². The lowest BCUT2D eigenvalue weighted by atomic mass is 10.2. The summed E-state index contributed by atoms with van der Waals surface area (Å²) in [5.74, 6) is 0. The van der Waals surface area contributed by atoms with E-state index in [0.717, 1.165) is 0 Å². The molecule has 0 radical (unpaired) electrons. The van der Waals surface area contributed by atoms with E-state index in [1.165, 1.54) is 17.0 Å². The van der Waals surface area contributed by atoms with Crippen molar-refractivity contribution < 1.29 is 4.57 Å². The van der Waals surface area contributed by atoms with Crippen LogP contribution in [0.3, 0.4) is 0 Å². The van der Waals surface area contributed by atoms with Gasteiger partial charge in [0.05, 0.1) is 0 Å². The first-order valence-electron chi connectivity index (χ1n) is 4.51. The Bertz CT molecular complexity index is 264. The average Bonchev–Trinajstić information content (AvgIpc) is 1.82. The Hall–Kier alpha value is -0.850. The van der Waals surface area contributed by atoms with E-state index in [1.807, 2.05) is 0 Å². The SMILES string of the molecule is Cc1cc(C)[n+](C(C)C)c(C)c1. The molecule has 0 unspecified atom stereocenters. The third-order valence-electron chi connectivity index (χ3n) is 2.15. The summed E-state index contributed by atoms with van der Waals surface area (Å²) in [4.78, 5) is 0. The predicted octanol–water partition coefficient (Wildman–Crippen LogP) is 2.48. The van der Waals surface area contributed by atoms with Gasteiger partial charge in [0.25, 0.3) is 0 Å². The van der Waals surface area contributed by atoms with E-state index in [-0.39, 0.29) is 0 Å². The molecular formula is C11H18N+. The fourth-order valence-electron chi connectivity index (χ4n) is 1.93. The third kappa shape index (κ3) is 1.66. The predicted molar refractivity (Wildman–Crippen MR) is 51.2 cm³/mol. The Morgan fingerprint density at radius 1 is 1.00 bits per heavy atom. The van der Waals surface area contributed by atoms with E-state index >= 15 is 0 Å². The van der Waals surface area contributed by atoms with Crippen LogP contribution in [0.4, 0.5) is 0 Å². The van der Waals surface area contributed by atoms with Gasteiger partial charge in [0.2, 0.25) is 0 Å². The van der Waals surface area contributed by atoms with Gasteiger partial charge < -0.3 is 0 Å². The van der Waals surface area contributed by atoms with Crippen molar-refractivity contribution in [1.82, 2.24) is 0 Å². The fraction of sp³-hybridized carbons (Fsp3) is 0.545. The lowest BCUT2D eigenvalue weighted by Crippen LogP contribution is -2.42.